The Morgan fingerprint density at radius 1 is 0.841 bits per heavy atom. The molecule has 1 aliphatic carbocycles. The van der Waals surface area contributed by atoms with Crippen LogP contribution in [0.4, 0.5) is 4.79 Å². The Kier molecular flexibility index (Phi) is 9.59. The van der Waals surface area contributed by atoms with E-state index in [4.69, 9.17) is 14.2 Å². The van der Waals surface area contributed by atoms with Crippen LogP contribution in [0.1, 0.15) is 65.2 Å². The van der Waals surface area contributed by atoms with Crippen molar-refractivity contribution in [2.24, 2.45) is 11.8 Å². The van der Waals surface area contributed by atoms with Crippen molar-refractivity contribution in [3.63, 3.8) is 0 Å². The van der Waals surface area contributed by atoms with Crippen LogP contribution in [0.3, 0.4) is 0 Å². The first kappa shape index (κ1) is 31.9. The lowest BCUT2D eigenvalue weighted by Crippen LogP contribution is -2.43. The van der Waals surface area contributed by atoms with Gasteiger partial charge in [-0.05, 0) is 85.9 Å². The molecule has 6 heteroatoms. The molecular weight excluding hydrogens is 548 g/mol. The van der Waals surface area contributed by atoms with Crippen molar-refractivity contribution < 1.29 is 19.0 Å². The van der Waals surface area contributed by atoms with Gasteiger partial charge in [0.15, 0.2) is 0 Å². The molecule has 1 saturated heterocycles. The number of hydrogen-bond donors (Lipinski definition) is 0. The monoisotopic (exact) mass is 598 g/mol. The van der Waals surface area contributed by atoms with E-state index in [2.05, 4.69) is 99.3 Å². The van der Waals surface area contributed by atoms with Gasteiger partial charge >= 0.3 is 6.09 Å². The zero-order chi connectivity index (χ0) is 31.5. The molecule has 1 amide bonds. The molecule has 1 saturated carbocycles. The van der Waals surface area contributed by atoms with Crippen molar-refractivity contribution in [2.75, 3.05) is 26.2 Å². The summed E-state index contributed by atoms with van der Waals surface area (Å²) in [5, 5.41) is 0. The molecule has 0 spiro atoms. The number of benzene rings is 3. The minimum atomic E-state index is -0.536. The smallest absolute Gasteiger partial charge is 0.410 e. The number of rotatable bonds is 11. The van der Waals surface area contributed by atoms with Crippen molar-refractivity contribution in [3.8, 4) is 11.5 Å². The number of carbonyl (C=O) groups excluding carboxylic acids is 1. The largest absolute Gasteiger partial charge is 0.492 e. The van der Waals surface area contributed by atoms with Crippen LogP contribution in [0.25, 0.3) is 0 Å². The number of amides is 1. The predicted molar refractivity (Wildman–Crippen MR) is 176 cm³/mol. The minimum absolute atomic E-state index is 0.0475. The fourth-order valence-electron chi connectivity index (χ4n) is 6.32. The zero-order valence-corrected chi connectivity index (χ0v) is 27.6. The van der Waals surface area contributed by atoms with E-state index in [0.717, 1.165) is 37.6 Å². The van der Waals surface area contributed by atoms with Crippen LogP contribution < -0.4 is 9.47 Å². The second kappa shape index (κ2) is 13.2. The topological polar surface area (TPSA) is 51.2 Å². The van der Waals surface area contributed by atoms with E-state index in [1.807, 2.05) is 37.8 Å². The first-order chi connectivity index (χ1) is 20.9. The Labute approximate surface area is 264 Å². The number of ether oxygens (including phenoxy) is 3. The molecule has 3 aromatic rings. The maximum Gasteiger partial charge on any atom is 0.410 e. The molecule has 0 N–H and O–H groups in total. The van der Waals surface area contributed by atoms with Gasteiger partial charge in [0.25, 0.3) is 0 Å². The molecule has 0 aromatic heterocycles. The van der Waals surface area contributed by atoms with Crippen molar-refractivity contribution in [3.05, 3.63) is 95.6 Å². The lowest BCUT2D eigenvalue weighted by molar-refractivity contribution is 0.0173. The van der Waals surface area contributed by atoms with Gasteiger partial charge in [0.2, 0.25) is 0 Å². The van der Waals surface area contributed by atoms with Gasteiger partial charge in [-0.3, -0.25) is 4.90 Å². The molecule has 6 nitrogen and oxygen atoms in total. The summed E-state index contributed by atoms with van der Waals surface area (Å²) in [6, 6.07) is 27.4. The fourth-order valence-corrected chi connectivity index (χ4v) is 6.32. The molecule has 1 aliphatic heterocycles. The Morgan fingerprint density at radius 3 is 2.05 bits per heavy atom. The third-order valence-corrected chi connectivity index (χ3v) is 8.57. The van der Waals surface area contributed by atoms with Gasteiger partial charge in [0.1, 0.15) is 23.7 Å². The molecule has 5 rings (SSSR count). The maximum atomic E-state index is 13.2. The maximum absolute atomic E-state index is 13.2. The van der Waals surface area contributed by atoms with E-state index in [9.17, 15) is 4.79 Å². The highest BCUT2D eigenvalue weighted by molar-refractivity contribution is 5.69. The van der Waals surface area contributed by atoms with E-state index in [-0.39, 0.29) is 23.7 Å². The van der Waals surface area contributed by atoms with E-state index in [1.165, 1.54) is 16.7 Å². The number of piperidine rings is 1. The quantitative estimate of drug-likeness (QED) is 0.226. The molecule has 4 atom stereocenters. The number of carbonyl (C=O) groups is 1. The molecular formula is C38H50N2O4. The number of likely N-dealkylation sites (tertiary alicyclic amines) is 1. The summed E-state index contributed by atoms with van der Waals surface area (Å²) in [7, 11) is 0. The van der Waals surface area contributed by atoms with Crippen LogP contribution in [0, 0.1) is 11.8 Å². The van der Waals surface area contributed by atoms with E-state index in [1.54, 1.807) is 0 Å². The molecule has 1 heterocycles. The van der Waals surface area contributed by atoms with Crippen molar-refractivity contribution in [1.82, 2.24) is 9.80 Å². The summed E-state index contributed by atoms with van der Waals surface area (Å²) in [5.74, 6) is 2.68. The Balaban J connectivity index is 1.10. The zero-order valence-electron chi connectivity index (χ0n) is 27.6. The standard InChI is InChI=1S/C38H50N2O4/c1-27(43-32-19-15-30(16-20-32)37(2,3)4)23-28-13-17-31(18-14-28)42-22-21-40(36(41)44-38(5,6)7)35-33-25-39(26-34(33)35)24-29-11-9-8-10-12-29/h8-20,27,33-35H,21-26H2,1-7H3/t27-,33-,34+,35+/m1/s1. The normalized spacial score (nSPS) is 20.5. The summed E-state index contributed by atoms with van der Waals surface area (Å²) in [6.45, 7) is 18.4. The fraction of sp³-hybridized carbons (Fsp3) is 0.500. The van der Waals surface area contributed by atoms with Crippen molar-refractivity contribution in [1.29, 1.82) is 0 Å². The second-order valence-electron chi connectivity index (χ2n) is 14.6. The van der Waals surface area contributed by atoms with Crippen LogP contribution in [0.5, 0.6) is 11.5 Å². The number of hydrogen-bond acceptors (Lipinski definition) is 5. The average molecular weight is 599 g/mol. The van der Waals surface area contributed by atoms with Gasteiger partial charge in [0, 0.05) is 32.1 Å². The van der Waals surface area contributed by atoms with Crippen LogP contribution in [-0.4, -0.2) is 59.9 Å². The van der Waals surface area contributed by atoms with Crippen LogP contribution in [0.2, 0.25) is 0 Å². The summed E-state index contributed by atoms with van der Waals surface area (Å²) in [4.78, 5) is 17.7. The number of fused-ring (bicyclic) bond motifs is 1. The predicted octanol–water partition coefficient (Wildman–Crippen LogP) is 7.74. The van der Waals surface area contributed by atoms with E-state index in [0.29, 0.717) is 25.0 Å². The van der Waals surface area contributed by atoms with Gasteiger partial charge in [-0.25, -0.2) is 4.79 Å². The summed E-state index contributed by atoms with van der Waals surface area (Å²) in [5.41, 5.74) is 3.42. The first-order valence-electron chi connectivity index (χ1n) is 16.1. The lowest BCUT2D eigenvalue weighted by atomic mass is 9.87. The van der Waals surface area contributed by atoms with E-state index < -0.39 is 5.60 Å². The van der Waals surface area contributed by atoms with Crippen molar-refractivity contribution >= 4 is 6.09 Å². The molecule has 2 fully saturated rings. The summed E-state index contributed by atoms with van der Waals surface area (Å²) < 4.78 is 18.1. The molecule has 0 radical (unpaired) electrons. The SMILES string of the molecule is C[C@H](Cc1ccc(OCCN(C(=O)OC(C)(C)C)[C@H]2[C@@H]3CN(Cc4ccccc4)C[C@@H]32)cc1)Oc1ccc(C(C)(C)C)cc1. The average Bonchev–Trinajstić information content (AvgIpc) is 3.43. The third-order valence-electron chi connectivity index (χ3n) is 8.57. The third kappa shape index (κ3) is 8.56. The number of nitrogens with zero attached hydrogens (tertiary/aromatic N) is 2. The van der Waals surface area contributed by atoms with Crippen molar-refractivity contribution in [2.45, 2.75) is 84.6 Å². The van der Waals surface area contributed by atoms with Gasteiger partial charge in [-0.2, -0.15) is 0 Å². The van der Waals surface area contributed by atoms with Crippen LogP contribution in [0.15, 0.2) is 78.9 Å². The molecule has 3 aromatic carbocycles. The highest BCUT2D eigenvalue weighted by Gasteiger charge is 2.59. The van der Waals surface area contributed by atoms with Gasteiger partial charge in [0.05, 0.1) is 12.6 Å². The minimum Gasteiger partial charge on any atom is -0.492 e. The second-order valence-corrected chi connectivity index (χ2v) is 14.6. The molecule has 0 unspecified atom stereocenters. The first-order valence-corrected chi connectivity index (χ1v) is 16.1. The van der Waals surface area contributed by atoms with Gasteiger partial charge in [-0.15, -0.1) is 0 Å². The Hall–Kier alpha value is -3.51. The highest BCUT2D eigenvalue weighted by Crippen LogP contribution is 2.49. The molecule has 0 bridgehead atoms. The summed E-state index contributed by atoms with van der Waals surface area (Å²) >= 11 is 0. The van der Waals surface area contributed by atoms with E-state index >= 15 is 0 Å². The van der Waals surface area contributed by atoms with Gasteiger partial charge < -0.3 is 19.1 Å². The Morgan fingerprint density at radius 2 is 1.45 bits per heavy atom. The lowest BCUT2D eigenvalue weighted by Gasteiger charge is -2.30. The Bertz CT molecular complexity index is 1350. The highest BCUT2D eigenvalue weighted by atomic mass is 16.6. The molecule has 44 heavy (non-hydrogen) atoms. The molecule has 2 aliphatic rings. The molecule has 236 valence electrons. The van der Waals surface area contributed by atoms with Crippen LogP contribution in [-0.2, 0) is 23.1 Å². The van der Waals surface area contributed by atoms with Crippen LogP contribution >= 0.6 is 0 Å². The summed E-state index contributed by atoms with van der Waals surface area (Å²) in [6.07, 6.45) is 0.609. The van der Waals surface area contributed by atoms with Gasteiger partial charge in [-0.1, -0.05) is 75.4 Å².